The summed E-state index contributed by atoms with van der Waals surface area (Å²) in [6, 6.07) is 4.00. The topological polar surface area (TPSA) is 65.5 Å². The van der Waals surface area contributed by atoms with Crippen molar-refractivity contribution in [2.45, 2.75) is 31.8 Å². The van der Waals surface area contributed by atoms with Gasteiger partial charge in [0.2, 0.25) is 0 Å². The lowest BCUT2D eigenvalue weighted by Gasteiger charge is -2.35. The van der Waals surface area contributed by atoms with Crippen LogP contribution in [-0.4, -0.2) is 46.6 Å². The van der Waals surface area contributed by atoms with E-state index in [0.717, 1.165) is 19.4 Å². The fourth-order valence-electron chi connectivity index (χ4n) is 2.27. The fraction of sp³-hybridized carbons (Fsp3) is 0.538. The predicted molar refractivity (Wildman–Crippen MR) is 69.9 cm³/mol. The minimum Gasteiger partial charge on any atom is -0.478 e. The van der Waals surface area contributed by atoms with Crippen molar-refractivity contribution >= 4 is 11.8 Å². The molecule has 0 bridgehead atoms. The molecule has 2 atom stereocenters. The van der Waals surface area contributed by atoms with Crippen LogP contribution in [0.2, 0.25) is 0 Å². The number of hydrogen-bond acceptors (Lipinski definition) is 4. The van der Waals surface area contributed by atoms with Crippen LogP contribution < -0.4 is 5.32 Å². The number of likely N-dealkylation sites (tertiary alicyclic amines) is 1. The van der Waals surface area contributed by atoms with E-state index < -0.39 is 5.97 Å². The normalized spacial score (nSPS) is 24.8. The lowest BCUT2D eigenvalue weighted by molar-refractivity contribution is 0.0697. The van der Waals surface area contributed by atoms with Gasteiger partial charge in [0, 0.05) is 24.8 Å². The highest BCUT2D eigenvalue weighted by molar-refractivity contribution is 5.88. The zero-order valence-electron chi connectivity index (χ0n) is 10.8. The van der Waals surface area contributed by atoms with Gasteiger partial charge in [0.15, 0.2) is 0 Å². The van der Waals surface area contributed by atoms with Crippen LogP contribution in [-0.2, 0) is 0 Å². The molecule has 1 saturated heterocycles. The van der Waals surface area contributed by atoms with Gasteiger partial charge in [-0.1, -0.05) is 0 Å². The van der Waals surface area contributed by atoms with Gasteiger partial charge in [-0.2, -0.15) is 0 Å². The maximum atomic E-state index is 10.9. The van der Waals surface area contributed by atoms with E-state index in [1.807, 2.05) is 0 Å². The molecule has 0 saturated carbocycles. The first kappa shape index (κ1) is 12.8. The van der Waals surface area contributed by atoms with Crippen LogP contribution in [0, 0.1) is 0 Å². The maximum absolute atomic E-state index is 10.9. The van der Waals surface area contributed by atoms with Crippen molar-refractivity contribution in [1.82, 2.24) is 9.88 Å². The molecule has 1 fully saturated rings. The van der Waals surface area contributed by atoms with Gasteiger partial charge in [0.25, 0.3) is 0 Å². The van der Waals surface area contributed by atoms with E-state index in [1.165, 1.54) is 12.3 Å². The summed E-state index contributed by atoms with van der Waals surface area (Å²) in [5, 5.41) is 12.3. The molecular weight excluding hydrogens is 230 g/mol. The average Bonchev–Trinajstić information content (AvgIpc) is 2.34. The van der Waals surface area contributed by atoms with Crippen molar-refractivity contribution in [3.05, 3.63) is 23.9 Å². The van der Waals surface area contributed by atoms with Crippen LogP contribution in [0.4, 0.5) is 5.82 Å². The van der Waals surface area contributed by atoms with Gasteiger partial charge in [0.05, 0.1) is 5.56 Å². The second kappa shape index (κ2) is 5.35. The molecule has 5 heteroatoms. The van der Waals surface area contributed by atoms with E-state index in [1.54, 1.807) is 6.07 Å². The number of aromatic nitrogens is 1. The highest BCUT2D eigenvalue weighted by atomic mass is 16.4. The van der Waals surface area contributed by atoms with E-state index in [9.17, 15) is 4.79 Å². The van der Waals surface area contributed by atoms with Crippen molar-refractivity contribution in [2.75, 3.05) is 18.9 Å². The first-order valence-corrected chi connectivity index (χ1v) is 6.22. The number of anilines is 1. The smallest absolute Gasteiger partial charge is 0.335 e. The van der Waals surface area contributed by atoms with Gasteiger partial charge in [-0.05, 0) is 38.9 Å². The van der Waals surface area contributed by atoms with Gasteiger partial charge in [-0.15, -0.1) is 0 Å². The van der Waals surface area contributed by atoms with Crippen LogP contribution >= 0.6 is 0 Å². The molecular formula is C13H19N3O2. The molecule has 0 aliphatic carbocycles. The summed E-state index contributed by atoms with van der Waals surface area (Å²) in [7, 11) is 2.13. The summed E-state index contributed by atoms with van der Waals surface area (Å²) < 4.78 is 0. The quantitative estimate of drug-likeness (QED) is 0.853. The Morgan fingerprint density at radius 2 is 2.39 bits per heavy atom. The lowest BCUT2D eigenvalue weighted by atomic mass is 9.99. The summed E-state index contributed by atoms with van der Waals surface area (Å²) >= 11 is 0. The molecule has 1 aliphatic heterocycles. The Morgan fingerprint density at radius 1 is 1.61 bits per heavy atom. The van der Waals surface area contributed by atoms with Gasteiger partial charge < -0.3 is 15.3 Å². The van der Waals surface area contributed by atoms with Crippen LogP contribution in [0.3, 0.4) is 0 Å². The molecule has 2 rings (SSSR count). The van der Waals surface area contributed by atoms with E-state index in [4.69, 9.17) is 5.11 Å². The van der Waals surface area contributed by atoms with Crippen LogP contribution in [0.5, 0.6) is 0 Å². The number of nitrogens with one attached hydrogen (secondary N) is 1. The van der Waals surface area contributed by atoms with E-state index in [0.29, 0.717) is 17.9 Å². The number of carboxylic acid groups (broad SMARTS) is 1. The lowest BCUT2D eigenvalue weighted by Crippen LogP contribution is -2.42. The maximum Gasteiger partial charge on any atom is 0.335 e. The van der Waals surface area contributed by atoms with Crippen LogP contribution in [0.1, 0.15) is 30.1 Å². The monoisotopic (exact) mass is 249 g/mol. The summed E-state index contributed by atoms with van der Waals surface area (Å²) in [6.45, 7) is 3.26. The van der Waals surface area contributed by atoms with Gasteiger partial charge in [-0.3, -0.25) is 0 Å². The molecule has 0 radical (unpaired) electrons. The number of piperidine rings is 1. The Morgan fingerprint density at radius 3 is 3.06 bits per heavy atom. The molecule has 0 spiro atoms. The number of nitrogens with zero attached hydrogens (tertiary/aromatic N) is 2. The standard InChI is InChI=1S/C13H19N3O2/c1-9-7-11(4-6-16(9)2)15-12-8-10(13(17)18)3-5-14-12/h3,5,8-9,11H,4,6-7H2,1-2H3,(H,14,15)(H,17,18). The molecule has 98 valence electrons. The Labute approximate surface area is 107 Å². The minimum atomic E-state index is -0.919. The SMILES string of the molecule is CC1CC(Nc2cc(C(=O)O)ccn2)CCN1C. The summed E-state index contributed by atoms with van der Waals surface area (Å²) in [5.41, 5.74) is 0.272. The largest absolute Gasteiger partial charge is 0.478 e. The van der Waals surface area contributed by atoms with Crippen molar-refractivity contribution in [1.29, 1.82) is 0 Å². The minimum absolute atomic E-state index is 0.272. The number of pyridine rings is 1. The van der Waals surface area contributed by atoms with Crippen LogP contribution in [0.25, 0.3) is 0 Å². The number of aromatic carboxylic acids is 1. The van der Waals surface area contributed by atoms with Gasteiger partial charge >= 0.3 is 5.97 Å². The third-order valence-electron chi connectivity index (χ3n) is 3.57. The second-order valence-electron chi connectivity index (χ2n) is 4.93. The third kappa shape index (κ3) is 2.98. The second-order valence-corrected chi connectivity index (χ2v) is 4.93. The number of carbonyl (C=O) groups is 1. The molecule has 18 heavy (non-hydrogen) atoms. The number of rotatable bonds is 3. The molecule has 5 nitrogen and oxygen atoms in total. The number of carboxylic acids is 1. The Hall–Kier alpha value is -1.62. The Kier molecular flexibility index (Phi) is 3.81. The van der Waals surface area contributed by atoms with Crippen molar-refractivity contribution in [3.8, 4) is 0 Å². The molecule has 2 unspecified atom stereocenters. The molecule has 0 amide bonds. The fourth-order valence-corrected chi connectivity index (χ4v) is 2.27. The highest BCUT2D eigenvalue weighted by Gasteiger charge is 2.22. The first-order chi connectivity index (χ1) is 8.56. The number of hydrogen-bond donors (Lipinski definition) is 2. The van der Waals surface area contributed by atoms with Crippen molar-refractivity contribution < 1.29 is 9.90 Å². The van der Waals surface area contributed by atoms with E-state index in [2.05, 4.69) is 29.2 Å². The van der Waals surface area contributed by atoms with E-state index in [-0.39, 0.29) is 5.56 Å². The molecule has 1 aromatic heterocycles. The zero-order chi connectivity index (χ0) is 13.1. The average molecular weight is 249 g/mol. The first-order valence-electron chi connectivity index (χ1n) is 6.22. The molecule has 0 aromatic carbocycles. The summed E-state index contributed by atoms with van der Waals surface area (Å²) in [5.74, 6) is -0.270. The molecule has 1 aliphatic rings. The Balaban J connectivity index is 2.01. The molecule has 2 heterocycles. The molecule has 1 aromatic rings. The zero-order valence-corrected chi connectivity index (χ0v) is 10.8. The summed E-state index contributed by atoms with van der Waals surface area (Å²) in [4.78, 5) is 17.4. The highest BCUT2D eigenvalue weighted by Crippen LogP contribution is 2.19. The van der Waals surface area contributed by atoms with Crippen molar-refractivity contribution in [2.24, 2.45) is 0 Å². The Bertz CT molecular complexity index is 436. The van der Waals surface area contributed by atoms with Crippen LogP contribution in [0.15, 0.2) is 18.3 Å². The predicted octanol–water partition coefficient (Wildman–Crippen LogP) is 1.67. The summed E-state index contributed by atoms with van der Waals surface area (Å²) in [6.07, 6.45) is 3.64. The van der Waals surface area contributed by atoms with Crippen molar-refractivity contribution in [3.63, 3.8) is 0 Å². The third-order valence-corrected chi connectivity index (χ3v) is 3.57. The van der Waals surface area contributed by atoms with E-state index >= 15 is 0 Å². The molecule has 2 N–H and O–H groups in total. The van der Waals surface area contributed by atoms with Gasteiger partial charge in [-0.25, -0.2) is 9.78 Å². The van der Waals surface area contributed by atoms with Gasteiger partial charge in [0.1, 0.15) is 5.82 Å².